The lowest BCUT2D eigenvalue weighted by Crippen LogP contribution is -2.06. The summed E-state index contributed by atoms with van der Waals surface area (Å²) >= 11 is 0. The van der Waals surface area contributed by atoms with E-state index in [-0.39, 0.29) is 18.1 Å². The summed E-state index contributed by atoms with van der Waals surface area (Å²) in [5.74, 6) is -0.687. The molecule has 0 saturated carbocycles. The van der Waals surface area contributed by atoms with Crippen molar-refractivity contribution in [1.82, 2.24) is 9.78 Å². The first-order valence-corrected chi connectivity index (χ1v) is 8.53. The molecule has 0 aliphatic rings. The van der Waals surface area contributed by atoms with Crippen molar-refractivity contribution >= 4 is 22.7 Å². The Balaban J connectivity index is 2.19. The number of allylic oxidation sites excluding steroid dienone is 2. The molecule has 5 nitrogen and oxygen atoms in total. The average Bonchev–Trinajstić information content (AvgIpc) is 3.02. The Morgan fingerprint density at radius 3 is 2.58 bits per heavy atom. The number of ketones is 1. The van der Waals surface area contributed by atoms with Gasteiger partial charge in [-0.2, -0.15) is 5.10 Å². The molecule has 0 aliphatic carbocycles. The maximum atomic E-state index is 12.5. The van der Waals surface area contributed by atoms with Crippen LogP contribution in [0.3, 0.4) is 0 Å². The lowest BCUT2D eigenvalue weighted by Gasteiger charge is -2.06. The third kappa shape index (κ3) is 3.42. The molecule has 132 valence electrons. The Kier molecular flexibility index (Phi) is 5.27. The van der Waals surface area contributed by atoms with Crippen LogP contribution in [0.2, 0.25) is 0 Å². The SMILES string of the molecule is C/C=C/C(=O)c1nn(Cc2ccccc2)c2cccc(C(=O)OCC)c12. The molecule has 3 aromatic rings. The van der Waals surface area contributed by atoms with Crippen LogP contribution in [-0.2, 0) is 11.3 Å². The van der Waals surface area contributed by atoms with Crippen LogP contribution in [-0.4, -0.2) is 28.1 Å². The van der Waals surface area contributed by atoms with E-state index in [9.17, 15) is 9.59 Å². The lowest BCUT2D eigenvalue weighted by molar-refractivity contribution is 0.0528. The highest BCUT2D eigenvalue weighted by molar-refractivity contribution is 6.16. The molecule has 0 atom stereocenters. The van der Waals surface area contributed by atoms with E-state index in [0.717, 1.165) is 11.1 Å². The summed E-state index contributed by atoms with van der Waals surface area (Å²) in [5, 5.41) is 5.05. The topological polar surface area (TPSA) is 61.2 Å². The van der Waals surface area contributed by atoms with E-state index >= 15 is 0 Å². The number of esters is 1. The molecule has 0 radical (unpaired) electrons. The van der Waals surface area contributed by atoms with E-state index in [4.69, 9.17) is 4.74 Å². The predicted molar refractivity (Wildman–Crippen MR) is 100 cm³/mol. The Labute approximate surface area is 151 Å². The summed E-state index contributed by atoms with van der Waals surface area (Å²) in [6.07, 6.45) is 3.12. The van der Waals surface area contributed by atoms with Gasteiger partial charge in [0.1, 0.15) is 5.69 Å². The predicted octanol–water partition coefficient (Wildman–Crippen LogP) is 4.02. The molecule has 0 saturated heterocycles. The number of rotatable bonds is 6. The number of benzene rings is 2. The number of fused-ring (bicyclic) bond motifs is 1. The van der Waals surface area contributed by atoms with Gasteiger partial charge in [0.05, 0.1) is 24.2 Å². The molecule has 0 amide bonds. The molecule has 0 spiro atoms. The van der Waals surface area contributed by atoms with Gasteiger partial charge in [-0.1, -0.05) is 42.5 Å². The van der Waals surface area contributed by atoms with Crippen LogP contribution in [0.4, 0.5) is 0 Å². The van der Waals surface area contributed by atoms with Gasteiger partial charge in [0.25, 0.3) is 0 Å². The Hall–Kier alpha value is -3.21. The second kappa shape index (κ2) is 7.78. The maximum absolute atomic E-state index is 12.5. The molecule has 0 N–H and O–H groups in total. The highest BCUT2D eigenvalue weighted by Crippen LogP contribution is 2.25. The second-order valence-corrected chi connectivity index (χ2v) is 5.78. The highest BCUT2D eigenvalue weighted by atomic mass is 16.5. The fourth-order valence-corrected chi connectivity index (χ4v) is 2.89. The molecular formula is C21H20N2O3. The Morgan fingerprint density at radius 2 is 1.88 bits per heavy atom. The summed E-state index contributed by atoms with van der Waals surface area (Å²) in [6.45, 7) is 4.30. The van der Waals surface area contributed by atoms with E-state index in [0.29, 0.717) is 17.5 Å². The number of nitrogens with zero attached hydrogens (tertiary/aromatic N) is 2. The van der Waals surface area contributed by atoms with Crippen molar-refractivity contribution in [3.8, 4) is 0 Å². The molecule has 0 fully saturated rings. The van der Waals surface area contributed by atoms with Crippen LogP contribution in [0, 0.1) is 0 Å². The molecule has 0 unspecified atom stereocenters. The molecule has 0 bridgehead atoms. The van der Waals surface area contributed by atoms with Crippen molar-refractivity contribution in [1.29, 1.82) is 0 Å². The van der Waals surface area contributed by atoms with Crippen molar-refractivity contribution < 1.29 is 14.3 Å². The molecular weight excluding hydrogens is 328 g/mol. The monoisotopic (exact) mass is 348 g/mol. The Bertz CT molecular complexity index is 972. The second-order valence-electron chi connectivity index (χ2n) is 5.78. The van der Waals surface area contributed by atoms with E-state index in [2.05, 4.69) is 5.10 Å². The van der Waals surface area contributed by atoms with Crippen molar-refractivity contribution in [3.63, 3.8) is 0 Å². The molecule has 1 aromatic heterocycles. The zero-order valence-electron chi connectivity index (χ0n) is 14.8. The van der Waals surface area contributed by atoms with Crippen molar-refractivity contribution in [3.05, 3.63) is 77.5 Å². The molecule has 0 aliphatic heterocycles. The summed E-state index contributed by atoms with van der Waals surface area (Å²) in [7, 11) is 0. The summed E-state index contributed by atoms with van der Waals surface area (Å²) < 4.78 is 6.91. The summed E-state index contributed by atoms with van der Waals surface area (Å²) in [6, 6.07) is 15.2. The van der Waals surface area contributed by atoms with Gasteiger partial charge in [0, 0.05) is 5.39 Å². The minimum atomic E-state index is -0.452. The van der Waals surface area contributed by atoms with E-state index in [1.54, 1.807) is 36.7 Å². The van der Waals surface area contributed by atoms with Gasteiger partial charge in [-0.25, -0.2) is 4.79 Å². The minimum Gasteiger partial charge on any atom is -0.462 e. The summed E-state index contributed by atoms with van der Waals surface area (Å²) in [5.41, 5.74) is 2.41. The first kappa shape index (κ1) is 17.6. The van der Waals surface area contributed by atoms with E-state index in [1.165, 1.54) is 6.08 Å². The van der Waals surface area contributed by atoms with Gasteiger partial charge in [-0.05, 0) is 37.6 Å². The van der Waals surface area contributed by atoms with Crippen LogP contribution in [0.1, 0.15) is 40.3 Å². The number of carbonyl (C=O) groups is 2. The zero-order valence-corrected chi connectivity index (χ0v) is 14.8. The third-order valence-electron chi connectivity index (χ3n) is 4.00. The average molecular weight is 348 g/mol. The fraction of sp³-hybridized carbons (Fsp3) is 0.190. The van der Waals surface area contributed by atoms with Gasteiger partial charge < -0.3 is 4.74 Å². The van der Waals surface area contributed by atoms with Crippen molar-refractivity contribution in [2.24, 2.45) is 0 Å². The normalized spacial score (nSPS) is 11.2. The van der Waals surface area contributed by atoms with Crippen molar-refractivity contribution in [2.75, 3.05) is 6.61 Å². The van der Waals surface area contributed by atoms with Gasteiger partial charge >= 0.3 is 5.97 Å². The number of carbonyl (C=O) groups excluding carboxylic acids is 2. The van der Waals surface area contributed by atoms with Crippen LogP contribution in [0.25, 0.3) is 10.9 Å². The van der Waals surface area contributed by atoms with Crippen LogP contribution < -0.4 is 0 Å². The van der Waals surface area contributed by atoms with Gasteiger partial charge in [0.15, 0.2) is 0 Å². The quantitative estimate of drug-likeness (QED) is 0.383. The summed E-state index contributed by atoms with van der Waals surface area (Å²) in [4.78, 5) is 24.9. The standard InChI is InChI=1S/C21H20N2O3/c1-3-9-18(24)20-19-16(21(25)26-4-2)12-8-13-17(19)23(22-20)14-15-10-6-5-7-11-15/h3,5-13H,4,14H2,1-2H3/b9-3+. The Morgan fingerprint density at radius 1 is 1.12 bits per heavy atom. The zero-order chi connectivity index (χ0) is 18.5. The van der Waals surface area contributed by atoms with Crippen LogP contribution in [0.5, 0.6) is 0 Å². The van der Waals surface area contributed by atoms with Gasteiger partial charge in [-0.15, -0.1) is 0 Å². The number of ether oxygens (including phenoxy) is 1. The largest absolute Gasteiger partial charge is 0.462 e. The fourth-order valence-electron chi connectivity index (χ4n) is 2.89. The molecule has 1 heterocycles. The number of aromatic nitrogens is 2. The third-order valence-corrected chi connectivity index (χ3v) is 4.00. The lowest BCUT2D eigenvalue weighted by atomic mass is 10.1. The highest BCUT2D eigenvalue weighted by Gasteiger charge is 2.22. The van der Waals surface area contributed by atoms with Gasteiger partial charge in [-0.3, -0.25) is 9.48 Å². The van der Waals surface area contributed by atoms with E-state index in [1.807, 2.05) is 36.4 Å². The molecule has 3 rings (SSSR count). The number of hydrogen-bond donors (Lipinski definition) is 0. The van der Waals surface area contributed by atoms with E-state index < -0.39 is 5.97 Å². The number of hydrogen-bond acceptors (Lipinski definition) is 4. The smallest absolute Gasteiger partial charge is 0.338 e. The van der Waals surface area contributed by atoms with Crippen LogP contribution in [0.15, 0.2) is 60.7 Å². The van der Waals surface area contributed by atoms with Crippen molar-refractivity contribution in [2.45, 2.75) is 20.4 Å². The maximum Gasteiger partial charge on any atom is 0.338 e. The molecule has 2 aromatic carbocycles. The van der Waals surface area contributed by atoms with Gasteiger partial charge in [0.2, 0.25) is 5.78 Å². The first-order valence-electron chi connectivity index (χ1n) is 8.53. The minimum absolute atomic E-state index is 0.235. The molecule has 26 heavy (non-hydrogen) atoms. The molecule has 5 heteroatoms. The van der Waals surface area contributed by atoms with Crippen LogP contribution >= 0.6 is 0 Å². The first-order chi connectivity index (χ1) is 12.7.